The number of carbonyl (C=O) groups excluding carboxylic acids is 1. The van der Waals surface area contributed by atoms with Gasteiger partial charge in [-0.05, 0) is 67.7 Å². The molecule has 1 aliphatic heterocycles. The molecule has 32 heavy (non-hydrogen) atoms. The highest BCUT2D eigenvalue weighted by atomic mass is 79.9. The number of amides is 1. The lowest BCUT2D eigenvalue weighted by Gasteiger charge is -2.34. The first kappa shape index (κ1) is 23.5. The van der Waals surface area contributed by atoms with Crippen LogP contribution in [-0.4, -0.2) is 35.8 Å². The molecule has 166 valence electrons. The molecule has 2 aromatic rings. The van der Waals surface area contributed by atoms with E-state index in [0.29, 0.717) is 53.0 Å². The topological polar surface area (TPSA) is 102 Å². The second kappa shape index (κ2) is 9.54. The van der Waals surface area contributed by atoms with Crippen LogP contribution in [-0.2, 0) is 4.74 Å². The van der Waals surface area contributed by atoms with E-state index in [1.54, 1.807) is 18.2 Å². The predicted molar refractivity (Wildman–Crippen MR) is 121 cm³/mol. The molecule has 1 aromatic carbocycles. The summed E-state index contributed by atoms with van der Waals surface area (Å²) in [6, 6.07) is 9.86. The van der Waals surface area contributed by atoms with Crippen LogP contribution in [0.25, 0.3) is 11.3 Å². The first-order chi connectivity index (χ1) is 15.1. The number of carbonyl (C=O) groups is 1. The Labute approximate surface area is 194 Å². The molecule has 1 aromatic heterocycles. The van der Waals surface area contributed by atoms with E-state index in [1.807, 2.05) is 25.7 Å². The number of halogens is 2. The van der Waals surface area contributed by atoms with Crippen LogP contribution in [0.3, 0.4) is 0 Å². The highest BCUT2D eigenvalue weighted by Crippen LogP contribution is 2.33. The van der Waals surface area contributed by atoms with Crippen molar-refractivity contribution in [2.24, 2.45) is 0 Å². The minimum atomic E-state index is -0.642. The van der Waals surface area contributed by atoms with E-state index >= 15 is 0 Å². The summed E-state index contributed by atoms with van der Waals surface area (Å²) in [5, 5.41) is 21.4. The summed E-state index contributed by atoms with van der Waals surface area (Å²) in [5.41, 5.74) is 0.663. The Hall–Kier alpha value is -3.17. The third kappa shape index (κ3) is 5.54. The Balaban J connectivity index is 1.79. The molecule has 0 spiro atoms. The summed E-state index contributed by atoms with van der Waals surface area (Å²) in [5.74, 6) is -0.0446. The lowest BCUT2D eigenvalue weighted by molar-refractivity contribution is 0.0497. The van der Waals surface area contributed by atoms with Gasteiger partial charge in [-0.1, -0.05) is 6.07 Å². The van der Waals surface area contributed by atoms with Crippen molar-refractivity contribution in [3.8, 4) is 23.4 Å². The van der Waals surface area contributed by atoms with Crippen molar-refractivity contribution >= 4 is 27.8 Å². The van der Waals surface area contributed by atoms with E-state index in [4.69, 9.17) is 10.00 Å². The summed E-state index contributed by atoms with van der Waals surface area (Å²) in [6.07, 6.45) is 0.953. The number of nitriles is 2. The van der Waals surface area contributed by atoms with Gasteiger partial charge in [-0.15, -0.1) is 0 Å². The van der Waals surface area contributed by atoms with E-state index in [-0.39, 0.29) is 11.6 Å². The Bertz CT molecular complexity index is 1110. The van der Waals surface area contributed by atoms with Crippen molar-refractivity contribution in [1.82, 2.24) is 10.3 Å². The number of benzene rings is 1. The predicted octanol–water partition coefficient (Wildman–Crippen LogP) is 4.89. The Morgan fingerprint density at radius 2 is 1.88 bits per heavy atom. The molecule has 1 fully saturated rings. The number of piperidine rings is 1. The summed E-state index contributed by atoms with van der Waals surface area (Å²) in [4.78, 5) is 18.7. The van der Waals surface area contributed by atoms with Crippen LogP contribution < -0.4 is 10.2 Å². The minimum absolute atomic E-state index is 0.0147. The van der Waals surface area contributed by atoms with Gasteiger partial charge in [-0.2, -0.15) is 10.5 Å². The molecule has 1 amide bonds. The maximum Gasteiger partial charge on any atom is 0.407 e. The molecule has 3 rings (SSSR count). The number of pyridine rings is 1. The van der Waals surface area contributed by atoms with Gasteiger partial charge in [0.2, 0.25) is 0 Å². The van der Waals surface area contributed by atoms with Gasteiger partial charge in [-0.3, -0.25) is 0 Å². The zero-order valence-corrected chi connectivity index (χ0v) is 19.7. The van der Waals surface area contributed by atoms with Crippen LogP contribution in [0.2, 0.25) is 0 Å². The SMILES string of the molecule is CC(C)(C)OC(=O)NC1CCN(c2cc(C#N)c(Br)c(-c3ccc(C#N)c(F)c3)n2)CC1. The molecule has 1 saturated heterocycles. The smallest absolute Gasteiger partial charge is 0.407 e. The molecule has 9 heteroatoms. The molecule has 0 atom stereocenters. The number of nitrogens with zero attached hydrogens (tertiary/aromatic N) is 4. The first-order valence-corrected chi connectivity index (χ1v) is 11.0. The second-order valence-corrected chi connectivity index (χ2v) is 9.31. The van der Waals surface area contributed by atoms with Gasteiger partial charge < -0.3 is 15.0 Å². The zero-order chi connectivity index (χ0) is 23.5. The third-order valence-electron chi connectivity index (χ3n) is 4.97. The van der Waals surface area contributed by atoms with Crippen LogP contribution in [0.1, 0.15) is 44.7 Å². The summed E-state index contributed by atoms with van der Waals surface area (Å²) < 4.78 is 20.0. The molecule has 0 bridgehead atoms. The summed E-state index contributed by atoms with van der Waals surface area (Å²) >= 11 is 3.40. The van der Waals surface area contributed by atoms with Gasteiger partial charge in [0.1, 0.15) is 29.4 Å². The van der Waals surface area contributed by atoms with E-state index in [9.17, 15) is 14.4 Å². The van der Waals surface area contributed by atoms with Gasteiger partial charge in [0, 0.05) is 24.7 Å². The Kier molecular flexibility index (Phi) is 7.00. The van der Waals surface area contributed by atoms with Crippen LogP contribution in [0.4, 0.5) is 15.0 Å². The van der Waals surface area contributed by atoms with Gasteiger partial charge in [0.05, 0.1) is 21.3 Å². The molecule has 0 aliphatic carbocycles. The van der Waals surface area contributed by atoms with Crippen LogP contribution in [0.15, 0.2) is 28.7 Å². The van der Waals surface area contributed by atoms with Crippen LogP contribution in [0.5, 0.6) is 0 Å². The fourth-order valence-electron chi connectivity index (χ4n) is 3.43. The van der Waals surface area contributed by atoms with Gasteiger partial charge in [0.15, 0.2) is 0 Å². The Morgan fingerprint density at radius 3 is 2.44 bits per heavy atom. The number of aromatic nitrogens is 1. The number of ether oxygens (including phenoxy) is 1. The molecule has 0 saturated carbocycles. The molecule has 0 radical (unpaired) electrons. The summed E-state index contributed by atoms with van der Waals surface area (Å²) in [7, 11) is 0. The number of rotatable bonds is 3. The quantitative estimate of drug-likeness (QED) is 0.644. The van der Waals surface area contributed by atoms with Crippen molar-refractivity contribution in [3.05, 3.63) is 45.7 Å². The molecule has 1 N–H and O–H groups in total. The van der Waals surface area contributed by atoms with E-state index in [2.05, 4.69) is 32.3 Å². The van der Waals surface area contributed by atoms with Crippen molar-refractivity contribution < 1.29 is 13.9 Å². The van der Waals surface area contributed by atoms with Gasteiger partial charge in [0.25, 0.3) is 0 Å². The highest BCUT2D eigenvalue weighted by Gasteiger charge is 2.25. The largest absolute Gasteiger partial charge is 0.444 e. The Morgan fingerprint density at radius 1 is 1.22 bits per heavy atom. The molecule has 2 heterocycles. The lowest BCUT2D eigenvalue weighted by atomic mass is 10.0. The lowest BCUT2D eigenvalue weighted by Crippen LogP contribution is -2.46. The van der Waals surface area contributed by atoms with Gasteiger partial charge >= 0.3 is 6.09 Å². The average Bonchev–Trinajstić information content (AvgIpc) is 2.73. The highest BCUT2D eigenvalue weighted by molar-refractivity contribution is 9.10. The number of hydrogen-bond acceptors (Lipinski definition) is 6. The van der Waals surface area contributed by atoms with Crippen molar-refractivity contribution in [3.63, 3.8) is 0 Å². The zero-order valence-electron chi connectivity index (χ0n) is 18.1. The number of anilines is 1. The molecule has 1 aliphatic rings. The minimum Gasteiger partial charge on any atom is -0.444 e. The third-order valence-corrected chi connectivity index (χ3v) is 5.77. The number of nitrogens with one attached hydrogen (secondary N) is 1. The van der Waals surface area contributed by atoms with E-state index < -0.39 is 17.5 Å². The maximum absolute atomic E-state index is 14.2. The second-order valence-electron chi connectivity index (χ2n) is 8.52. The van der Waals surface area contributed by atoms with Crippen molar-refractivity contribution in [2.45, 2.75) is 45.3 Å². The number of alkyl carbamates (subject to hydrolysis) is 1. The van der Waals surface area contributed by atoms with E-state index in [0.717, 1.165) is 0 Å². The average molecular weight is 500 g/mol. The number of hydrogen-bond donors (Lipinski definition) is 1. The standard InChI is InChI=1S/C23H23BrFN5O2/c1-23(2,3)32-22(31)28-17-6-8-30(9-7-17)19-11-16(13-27)20(24)21(29-19)14-4-5-15(12-26)18(25)10-14/h4-5,10-11,17H,6-9H2,1-3H3,(H,28,31). The van der Waals surface area contributed by atoms with Crippen molar-refractivity contribution in [2.75, 3.05) is 18.0 Å². The maximum atomic E-state index is 14.2. The van der Waals surface area contributed by atoms with Crippen LogP contribution in [0, 0.1) is 28.5 Å². The van der Waals surface area contributed by atoms with E-state index in [1.165, 1.54) is 12.1 Å². The van der Waals surface area contributed by atoms with Crippen LogP contribution >= 0.6 is 15.9 Å². The fraction of sp³-hybridized carbons (Fsp3) is 0.391. The molecular weight excluding hydrogens is 477 g/mol. The normalized spacial score (nSPS) is 14.4. The molecular formula is C23H23BrFN5O2. The molecule has 0 unspecified atom stereocenters. The molecule has 7 nitrogen and oxygen atoms in total. The monoisotopic (exact) mass is 499 g/mol. The van der Waals surface area contributed by atoms with Crippen molar-refractivity contribution in [1.29, 1.82) is 10.5 Å². The summed E-state index contributed by atoms with van der Waals surface area (Å²) in [6.45, 7) is 6.71. The fourth-order valence-corrected chi connectivity index (χ4v) is 3.95. The first-order valence-electron chi connectivity index (χ1n) is 10.2. The van der Waals surface area contributed by atoms with Gasteiger partial charge in [-0.25, -0.2) is 14.2 Å².